The number of aliphatic hydroxyl groups is 1. The Morgan fingerprint density at radius 3 is 2.81 bits per heavy atom. The summed E-state index contributed by atoms with van der Waals surface area (Å²) in [5.41, 5.74) is 0. The molecule has 0 aliphatic rings. The largest absolute Gasteiger partial charge is 0.481 e. The zero-order valence-corrected chi connectivity index (χ0v) is 11.5. The molecule has 1 unspecified atom stereocenters. The molecule has 0 aliphatic carbocycles. The summed E-state index contributed by atoms with van der Waals surface area (Å²) >= 11 is 0. The highest BCUT2D eigenvalue weighted by Gasteiger charge is 2.13. The predicted molar refractivity (Wildman–Crippen MR) is 73.3 cm³/mol. The van der Waals surface area contributed by atoms with Gasteiger partial charge in [0.25, 0.3) is 5.91 Å². The molecule has 1 heterocycles. The molecule has 1 aromatic heterocycles. The second-order valence-electron chi connectivity index (χ2n) is 4.49. The predicted octanol–water partition coefficient (Wildman–Crippen LogP) is 1.96. The molecule has 0 radical (unpaired) electrons. The number of carbonyl (C=O) groups is 1. The lowest BCUT2D eigenvalue weighted by Gasteiger charge is -2.10. The van der Waals surface area contributed by atoms with Crippen LogP contribution in [0.4, 0.5) is 4.39 Å². The molecule has 1 atom stereocenters. The molecule has 0 aliphatic heterocycles. The number of carbonyl (C=O) groups excluding carboxylic acids is 1. The average Bonchev–Trinajstić information content (AvgIpc) is 2.90. The molecular weight excluding hydrogens is 277 g/mol. The second kappa shape index (κ2) is 6.90. The summed E-state index contributed by atoms with van der Waals surface area (Å²) < 4.78 is 23.6. The molecule has 5 nitrogen and oxygen atoms in total. The number of para-hydroxylation sites is 1. The number of aryl methyl sites for hydroxylation is 1. The van der Waals surface area contributed by atoms with Crippen LogP contribution in [0.2, 0.25) is 0 Å². The van der Waals surface area contributed by atoms with E-state index in [4.69, 9.17) is 9.15 Å². The number of aliphatic hydroxyl groups excluding tert-OH is 1. The topological polar surface area (TPSA) is 71.7 Å². The van der Waals surface area contributed by atoms with E-state index in [1.807, 2.05) is 0 Å². The Bertz CT molecular complexity index is 611. The maximum absolute atomic E-state index is 13.3. The van der Waals surface area contributed by atoms with Gasteiger partial charge in [0.2, 0.25) is 0 Å². The standard InChI is InChI=1S/C15H16FNO4/c1-10-6-7-14(21-10)12(18)8-17-15(19)9-20-13-5-3-2-4-11(13)16/h2-7,12,18H,8-9H2,1H3,(H,17,19). The van der Waals surface area contributed by atoms with Gasteiger partial charge in [0.05, 0.1) is 6.54 Å². The molecule has 1 aromatic carbocycles. The minimum Gasteiger partial charge on any atom is -0.481 e. The molecular formula is C15H16FNO4. The van der Waals surface area contributed by atoms with Crippen LogP contribution in [0.3, 0.4) is 0 Å². The lowest BCUT2D eigenvalue weighted by atomic mass is 10.3. The average molecular weight is 293 g/mol. The summed E-state index contributed by atoms with van der Waals surface area (Å²) in [6, 6.07) is 9.19. The molecule has 2 aromatic rings. The number of hydrogen-bond donors (Lipinski definition) is 2. The van der Waals surface area contributed by atoms with Crippen molar-refractivity contribution in [1.82, 2.24) is 5.32 Å². The summed E-state index contributed by atoms with van der Waals surface area (Å²) in [4.78, 5) is 11.6. The number of furan rings is 1. The van der Waals surface area contributed by atoms with Crippen LogP contribution < -0.4 is 10.1 Å². The first-order valence-electron chi connectivity index (χ1n) is 6.44. The Kier molecular flexibility index (Phi) is 4.94. The summed E-state index contributed by atoms with van der Waals surface area (Å²) in [7, 11) is 0. The Balaban J connectivity index is 1.76. The fourth-order valence-corrected chi connectivity index (χ4v) is 1.70. The lowest BCUT2D eigenvalue weighted by molar-refractivity contribution is -0.123. The summed E-state index contributed by atoms with van der Waals surface area (Å²) in [6.07, 6.45) is -0.934. The fourth-order valence-electron chi connectivity index (χ4n) is 1.70. The van der Waals surface area contributed by atoms with E-state index in [1.54, 1.807) is 25.1 Å². The molecule has 6 heteroatoms. The van der Waals surface area contributed by atoms with Gasteiger partial charge in [0.15, 0.2) is 18.2 Å². The Morgan fingerprint density at radius 2 is 2.14 bits per heavy atom. The van der Waals surface area contributed by atoms with Gasteiger partial charge in [-0.3, -0.25) is 4.79 Å². The van der Waals surface area contributed by atoms with Crippen molar-refractivity contribution in [3.05, 3.63) is 53.7 Å². The van der Waals surface area contributed by atoms with E-state index in [2.05, 4.69) is 5.32 Å². The van der Waals surface area contributed by atoms with Crippen molar-refractivity contribution in [2.75, 3.05) is 13.2 Å². The van der Waals surface area contributed by atoms with E-state index in [9.17, 15) is 14.3 Å². The molecule has 2 N–H and O–H groups in total. The number of benzene rings is 1. The highest BCUT2D eigenvalue weighted by atomic mass is 19.1. The van der Waals surface area contributed by atoms with Crippen LogP contribution in [0, 0.1) is 12.7 Å². The van der Waals surface area contributed by atoms with Crippen molar-refractivity contribution in [2.24, 2.45) is 0 Å². The Hall–Kier alpha value is -2.34. The molecule has 1 amide bonds. The number of amides is 1. The van der Waals surface area contributed by atoms with Gasteiger partial charge in [-0.2, -0.15) is 0 Å². The number of hydrogen-bond acceptors (Lipinski definition) is 4. The molecule has 0 saturated carbocycles. The van der Waals surface area contributed by atoms with Crippen LogP contribution in [0.5, 0.6) is 5.75 Å². The van der Waals surface area contributed by atoms with E-state index in [0.717, 1.165) is 0 Å². The Morgan fingerprint density at radius 1 is 1.38 bits per heavy atom. The molecule has 0 spiro atoms. The van der Waals surface area contributed by atoms with Gasteiger partial charge in [0.1, 0.15) is 17.6 Å². The van der Waals surface area contributed by atoms with E-state index >= 15 is 0 Å². The molecule has 2 rings (SSSR count). The van der Waals surface area contributed by atoms with Gasteiger partial charge < -0.3 is 19.6 Å². The molecule has 112 valence electrons. The third-order valence-electron chi connectivity index (χ3n) is 2.78. The zero-order valence-electron chi connectivity index (χ0n) is 11.5. The Labute approximate surface area is 121 Å². The van der Waals surface area contributed by atoms with Crippen LogP contribution in [-0.4, -0.2) is 24.2 Å². The third kappa shape index (κ3) is 4.32. The summed E-state index contributed by atoms with van der Waals surface area (Å²) in [6.45, 7) is 1.42. The smallest absolute Gasteiger partial charge is 0.258 e. The maximum Gasteiger partial charge on any atom is 0.258 e. The van der Waals surface area contributed by atoms with Gasteiger partial charge in [-0.05, 0) is 31.2 Å². The number of nitrogens with one attached hydrogen (secondary N) is 1. The SMILES string of the molecule is Cc1ccc(C(O)CNC(=O)COc2ccccc2F)o1. The minimum absolute atomic E-state index is 0.00752. The first-order chi connectivity index (χ1) is 10.1. The number of ether oxygens (including phenoxy) is 1. The quantitative estimate of drug-likeness (QED) is 0.854. The highest BCUT2D eigenvalue weighted by molar-refractivity contribution is 5.77. The molecule has 0 fully saturated rings. The summed E-state index contributed by atoms with van der Waals surface area (Å²) in [5, 5.41) is 12.3. The fraction of sp³-hybridized carbons (Fsp3) is 0.267. The summed E-state index contributed by atoms with van der Waals surface area (Å²) in [5.74, 6) is 0.0768. The van der Waals surface area contributed by atoms with Crippen molar-refractivity contribution in [3.8, 4) is 5.75 Å². The van der Waals surface area contributed by atoms with Crippen molar-refractivity contribution in [1.29, 1.82) is 0 Å². The highest BCUT2D eigenvalue weighted by Crippen LogP contribution is 2.16. The third-order valence-corrected chi connectivity index (χ3v) is 2.78. The van der Waals surface area contributed by atoms with Gasteiger partial charge in [-0.15, -0.1) is 0 Å². The molecule has 0 saturated heterocycles. The van der Waals surface area contributed by atoms with Crippen molar-refractivity contribution >= 4 is 5.91 Å². The first kappa shape index (κ1) is 15.1. The van der Waals surface area contributed by atoms with Crippen LogP contribution >= 0.6 is 0 Å². The van der Waals surface area contributed by atoms with Crippen LogP contribution in [0.15, 0.2) is 40.8 Å². The van der Waals surface area contributed by atoms with E-state index in [0.29, 0.717) is 11.5 Å². The van der Waals surface area contributed by atoms with Gasteiger partial charge >= 0.3 is 0 Å². The first-order valence-corrected chi connectivity index (χ1v) is 6.44. The van der Waals surface area contributed by atoms with Gasteiger partial charge in [0, 0.05) is 0 Å². The number of halogens is 1. The zero-order chi connectivity index (χ0) is 15.2. The molecule has 0 bridgehead atoms. The van der Waals surface area contributed by atoms with E-state index in [1.165, 1.54) is 18.2 Å². The normalized spacial score (nSPS) is 12.0. The van der Waals surface area contributed by atoms with Crippen molar-refractivity contribution < 1.29 is 23.4 Å². The van der Waals surface area contributed by atoms with Crippen LogP contribution in [0.1, 0.15) is 17.6 Å². The van der Waals surface area contributed by atoms with Gasteiger partial charge in [-0.25, -0.2) is 4.39 Å². The molecule has 21 heavy (non-hydrogen) atoms. The van der Waals surface area contributed by atoms with Crippen LogP contribution in [-0.2, 0) is 4.79 Å². The second-order valence-corrected chi connectivity index (χ2v) is 4.49. The van der Waals surface area contributed by atoms with Crippen molar-refractivity contribution in [2.45, 2.75) is 13.0 Å². The van der Waals surface area contributed by atoms with E-state index < -0.39 is 17.8 Å². The lowest BCUT2D eigenvalue weighted by Crippen LogP contribution is -2.32. The van der Waals surface area contributed by atoms with E-state index in [-0.39, 0.29) is 18.9 Å². The maximum atomic E-state index is 13.3. The minimum atomic E-state index is -0.934. The monoisotopic (exact) mass is 293 g/mol. The number of rotatable bonds is 6. The van der Waals surface area contributed by atoms with Crippen molar-refractivity contribution in [3.63, 3.8) is 0 Å². The van der Waals surface area contributed by atoms with Gasteiger partial charge in [-0.1, -0.05) is 12.1 Å². The van der Waals surface area contributed by atoms with Crippen LogP contribution in [0.25, 0.3) is 0 Å².